The second-order valence-electron chi connectivity index (χ2n) is 4.70. The number of carbonyl (C=O) groups excluding carboxylic acids is 1. The van der Waals surface area contributed by atoms with Crippen LogP contribution in [0.4, 0.5) is 0 Å². The Morgan fingerprint density at radius 3 is 2.12 bits per heavy atom. The summed E-state index contributed by atoms with van der Waals surface area (Å²) in [5.41, 5.74) is -1.69. The van der Waals surface area contributed by atoms with Crippen LogP contribution in [0.2, 0.25) is 0 Å². The predicted octanol–water partition coefficient (Wildman–Crippen LogP) is 1.17. The Bertz CT molecular complexity index is 269. The Morgan fingerprint density at radius 1 is 1.31 bits per heavy atom. The van der Waals surface area contributed by atoms with Gasteiger partial charge in [0.2, 0.25) is 0 Å². The summed E-state index contributed by atoms with van der Waals surface area (Å²) in [5, 5.41) is 11.4. The fourth-order valence-corrected chi connectivity index (χ4v) is 1.26. The molecule has 16 heavy (non-hydrogen) atoms. The molecule has 0 aromatic carbocycles. The average Bonchev–Trinajstić information content (AvgIpc) is 2.13. The zero-order valence-electron chi connectivity index (χ0n) is 10.6. The van der Waals surface area contributed by atoms with Gasteiger partial charge in [-0.05, 0) is 27.2 Å². The highest BCUT2D eigenvalue weighted by molar-refractivity contribution is 5.85. The van der Waals surface area contributed by atoms with Crippen molar-refractivity contribution in [3.63, 3.8) is 0 Å². The van der Waals surface area contributed by atoms with Gasteiger partial charge in [0.1, 0.15) is 5.60 Å². The quantitative estimate of drug-likeness (QED) is 0.719. The first-order valence-electron chi connectivity index (χ1n) is 5.26. The lowest BCUT2D eigenvalue weighted by Crippen LogP contribution is -2.54. The molecule has 0 fully saturated rings. The van der Waals surface area contributed by atoms with Crippen LogP contribution in [-0.4, -0.2) is 35.2 Å². The topological polar surface area (TPSA) is 75.6 Å². The second-order valence-corrected chi connectivity index (χ2v) is 4.70. The molecule has 0 saturated heterocycles. The number of carbonyl (C=O) groups is 2. The number of carboxylic acids is 1. The maximum absolute atomic E-state index is 11.9. The number of aliphatic carboxylic acids is 1. The molecule has 1 unspecified atom stereocenters. The summed E-state index contributed by atoms with van der Waals surface area (Å²) in [6, 6.07) is 0. The first-order chi connectivity index (χ1) is 7.17. The molecule has 1 amide bonds. The number of hydrogen-bond acceptors (Lipinski definition) is 3. The lowest BCUT2D eigenvalue weighted by Gasteiger charge is -2.31. The monoisotopic (exact) mass is 231 g/mol. The van der Waals surface area contributed by atoms with E-state index in [-0.39, 0.29) is 12.3 Å². The molecular formula is C11H21NO4. The second kappa shape index (κ2) is 5.30. The Morgan fingerprint density at radius 2 is 1.81 bits per heavy atom. The third-order valence-corrected chi connectivity index (χ3v) is 2.65. The number of carboxylic acid groups (broad SMARTS) is 1. The summed E-state index contributed by atoms with van der Waals surface area (Å²) in [6.45, 7) is 6.86. The number of hydrogen-bond donors (Lipinski definition) is 2. The third kappa shape index (κ3) is 4.18. The fourth-order valence-electron chi connectivity index (χ4n) is 1.26. The van der Waals surface area contributed by atoms with Crippen molar-refractivity contribution in [1.29, 1.82) is 0 Å². The third-order valence-electron chi connectivity index (χ3n) is 2.65. The molecule has 0 aromatic rings. The van der Waals surface area contributed by atoms with E-state index in [9.17, 15) is 9.59 Å². The fraction of sp³-hybridized carbons (Fsp3) is 0.818. The van der Waals surface area contributed by atoms with E-state index in [0.717, 1.165) is 0 Å². The van der Waals surface area contributed by atoms with Crippen LogP contribution >= 0.6 is 0 Å². The maximum atomic E-state index is 11.9. The van der Waals surface area contributed by atoms with Gasteiger partial charge in [0, 0.05) is 12.6 Å². The maximum Gasteiger partial charge on any atom is 0.305 e. The molecule has 1 atom stereocenters. The summed E-state index contributed by atoms with van der Waals surface area (Å²) in [5.74, 6) is -1.23. The molecule has 0 aliphatic rings. The van der Waals surface area contributed by atoms with Crippen molar-refractivity contribution in [3.8, 4) is 0 Å². The highest BCUT2D eigenvalue weighted by Gasteiger charge is 2.35. The van der Waals surface area contributed by atoms with E-state index in [2.05, 4.69) is 5.32 Å². The summed E-state index contributed by atoms with van der Waals surface area (Å²) in [7, 11) is 1.47. The molecule has 0 radical (unpaired) electrons. The predicted molar refractivity (Wildman–Crippen MR) is 60.2 cm³/mol. The Labute approximate surface area is 96.2 Å². The normalized spacial score (nSPS) is 15.3. The van der Waals surface area contributed by atoms with Gasteiger partial charge in [-0.1, -0.05) is 6.92 Å². The number of nitrogens with one attached hydrogen (secondary N) is 1. The van der Waals surface area contributed by atoms with Crippen LogP contribution in [0.5, 0.6) is 0 Å². The lowest BCUT2D eigenvalue weighted by atomic mass is 9.96. The van der Waals surface area contributed by atoms with E-state index in [4.69, 9.17) is 9.84 Å². The minimum atomic E-state index is -0.944. The van der Waals surface area contributed by atoms with Crippen molar-refractivity contribution >= 4 is 11.9 Å². The number of ether oxygens (including phenoxy) is 1. The zero-order chi connectivity index (χ0) is 13.0. The molecule has 2 N–H and O–H groups in total. The van der Waals surface area contributed by atoms with Crippen LogP contribution in [0.15, 0.2) is 0 Å². The molecule has 0 bridgehead atoms. The summed E-state index contributed by atoms with van der Waals surface area (Å²) >= 11 is 0. The van der Waals surface area contributed by atoms with E-state index in [1.807, 2.05) is 6.92 Å². The lowest BCUT2D eigenvalue weighted by molar-refractivity contribution is -0.145. The first-order valence-corrected chi connectivity index (χ1v) is 5.26. The van der Waals surface area contributed by atoms with Gasteiger partial charge in [0.25, 0.3) is 5.91 Å². The largest absolute Gasteiger partial charge is 0.481 e. The first kappa shape index (κ1) is 14.9. The van der Waals surface area contributed by atoms with Crippen molar-refractivity contribution in [3.05, 3.63) is 0 Å². The minimum absolute atomic E-state index is 0.123. The Hall–Kier alpha value is -1.10. The zero-order valence-corrected chi connectivity index (χ0v) is 10.6. The average molecular weight is 231 g/mol. The Balaban J connectivity index is 4.60. The van der Waals surface area contributed by atoms with Crippen LogP contribution in [0.1, 0.15) is 40.5 Å². The standard InChI is InChI=1S/C11H21NO4/c1-6-11(4,16-5)9(15)12-10(2,3)7-8(13)14/h6-7H2,1-5H3,(H,12,15)(H,13,14). The van der Waals surface area contributed by atoms with E-state index >= 15 is 0 Å². The molecule has 0 rings (SSSR count). The molecule has 0 spiro atoms. The van der Waals surface area contributed by atoms with Gasteiger partial charge in [-0.2, -0.15) is 0 Å². The molecule has 0 aromatic heterocycles. The van der Waals surface area contributed by atoms with Gasteiger partial charge >= 0.3 is 5.97 Å². The van der Waals surface area contributed by atoms with Crippen molar-refractivity contribution in [2.75, 3.05) is 7.11 Å². The van der Waals surface area contributed by atoms with Gasteiger partial charge < -0.3 is 15.2 Å². The van der Waals surface area contributed by atoms with E-state index in [1.165, 1.54) is 7.11 Å². The van der Waals surface area contributed by atoms with Crippen LogP contribution < -0.4 is 5.32 Å². The van der Waals surface area contributed by atoms with Crippen LogP contribution in [-0.2, 0) is 14.3 Å². The Kier molecular flexibility index (Phi) is 4.93. The van der Waals surface area contributed by atoms with E-state index < -0.39 is 17.1 Å². The summed E-state index contributed by atoms with van der Waals surface area (Å²) in [4.78, 5) is 22.5. The van der Waals surface area contributed by atoms with Gasteiger partial charge in [-0.15, -0.1) is 0 Å². The van der Waals surface area contributed by atoms with Crippen LogP contribution in [0.25, 0.3) is 0 Å². The molecule has 0 saturated carbocycles. The summed E-state index contributed by atoms with van der Waals surface area (Å²) < 4.78 is 5.14. The van der Waals surface area contributed by atoms with Crippen molar-refractivity contribution in [2.24, 2.45) is 0 Å². The minimum Gasteiger partial charge on any atom is -0.481 e. The molecule has 0 aliphatic heterocycles. The van der Waals surface area contributed by atoms with E-state index in [0.29, 0.717) is 6.42 Å². The number of methoxy groups -OCH3 is 1. The smallest absolute Gasteiger partial charge is 0.305 e. The molecule has 0 aliphatic carbocycles. The highest BCUT2D eigenvalue weighted by atomic mass is 16.5. The number of amides is 1. The van der Waals surface area contributed by atoms with Gasteiger partial charge in [0.15, 0.2) is 0 Å². The molecular weight excluding hydrogens is 210 g/mol. The van der Waals surface area contributed by atoms with Crippen molar-refractivity contribution in [1.82, 2.24) is 5.32 Å². The van der Waals surface area contributed by atoms with Gasteiger partial charge in [-0.3, -0.25) is 9.59 Å². The summed E-state index contributed by atoms with van der Waals surface area (Å²) in [6.07, 6.45) is 0.404. The van der Waals surface area contributed by atoms with Crippen LogP contribution in [0, 0.1) is 0 Å². The van der Waals surface area contributed by atoms with Gasteiger partial charge in [0.05, 0.1) is 6.42 Å². The van der Waals surface area contributed by atoms with E-state index in [1.54, 1.807) is 20.8 Å². The van der Waals surface area contributed by atoms with Crippen LogP contribution in [0.3, 0.4) is 0 Å². The SMILES string of the molecule is CCC(C)(OC)C(=O)NC(C)(C)CC(=O)O. The van der Waals surface area contributed by atoms with Crippen molar-refractivity contribution < 1.29 is 19.4 Å². The molecule has 5 heteroatoms. The molecule has 0 heterocycles. The molecule has 5 nitrogen and oxygen atoms in total. The van der Waals surface area contributed by atoms with Crippen molar-refractivity contribution in [2.45, 2.75) is 51.7 Å². The number of rotatable bonds is 6. The van der Waals surface area contributed by atoms with Gasteiger partial charge in [-0.25, -0.2) is 0 Å². The molecule has 94 valence electrons. The highest BCUT2D eigenvalue weighted by Crippen LogP contribution is 2.17.